The third kappa shape index (κ3) is 5.40. The minimum atomic E-state index is 0.889. The molecule has 0 aliphatic heterocycles. The van der Waals surface area contributed by atoms with Gasteiger partial charge in [0, 0.05) is 96.0 Å². The summed E-state index contributed by atoms with van der Waals surface area (Å²) in [5.74, 6) is 0. The zero-order chi connectivity index (χ0) is 41.9. The van der Waals surface area contributed by atoms with Gasteiger partial charge in [0.2, 0.25) is 0 Å². The summed E-state index contributed by atoms with van der Waals surface area (Å²) in [7, 11) is 0. The van der Waals surface area contributed by atoms with Crippen molar-refractivity contribution in [2.45, 2.75) is 0 Å². The highest BCUT2D eigenvalue weighted by Crippen LogP contribution is 2.48. The normalized spacial score (nSPS) is 12.1. The first kappa shape index (κ1) is 35.7. The minimum Gasteiger partial charge on any atom is -0.456 e. The Bertz CT molecular complexity index is 3890. The number of hydrogen-bond acceptors (Lipinski definition) is 6. The molecule has 0 fully saturated rings. The second-order valence-corrected chi connectivity index (χ2v) is 18.6. The largest absolute Gasteiger partial charge is 0.456 e. The highest BCUT2D eigenvalue weighted by molar-refractivity contribution is 7.26. The standard InChI is InChI=1S/C58H34N2O2S2/c1-3-11-35(12-4-1)59(37-19-25-51-45(31-37)41-15-7-9-17-49(41)61-51)39-21-27-53-47(33-39)57-43-23-30-56-58(44(43)24-29-55(57)63-53)48-34-40(22-28-54(48)64-56)60(36-13-5-2-6-14-36)38-20-26-52-46(32-38)42-16-8-10-18-50(42)62-52/h1-34H. The van der Waals surface area contributed by atoms with E-state index in [1.165, 1.54) is 51.1 Å². The molecule has 4 nitrogen and oxygen atoms in total. The van der Waals surface area contributed by atoms with Gasteiger partial charge in [0.05, 0.1) is 0 Å². The van der Waals surface area contributed by atoms with Gasteiger partial charge >= 0.3 is 0 Å². The van der Waals surface area contributed by atoms with E-state index in [2.05, 4.69) is 192 Å². The number of furan rings is 2. The van der Waals surface area contributed by atoms with Crippen LogP contribution in [-0.4, -0.2) is 0 Å². The molecular formula is C58H34N2O2S2. The predicted octanol–water partition coefficient (Wildman–Crippen LogP) is 18.3. The van der Waals surface area contributed by atoms with Gasteiger partial charge < -0.3 is 18.6 Å². The van der Waals surface area contributed by atoms with Crippen LogP contribution in [0.3, 0.4) is 0 Å². The van der Waals surface area contributed by atoms with Crippen molar-refractivity contribution in [2.24, 2.45) is 0 Å². The fourth-order valence-corrected chi connectivity index (χ4v) is 12.2. The summed E-state index contributed by atoms with van der Waals surface area (Å²) in [4.78, 5) is 4.74. The van der Waals surface area contributed by atoms with E-state index in [4.69, 9.17) is 8.83 Å². The molecule has 64 heavy (non-hydrogen) atoms. The average molecular weight is 855 g/mol. The van der Waals surface area contributed by atoms with Gasteiger partial charge in [0.1, 0.15) is 22.3 Å². The summed E-state index contributed by atoms with van der Waals surface area (Å²) in [6.07, 6.45) is 0. The maximum Gasteiger partial charge on any atom is 0.135 e. The second-order valence-electron chi connectivity index (χ2n) is 16.4. The Hall–Kier alpha value is -7.90. The first-order valence-electron chi connectivity index (χ1n) is 21.5. The lowest BCUT2D eigenvalue weighted by Gasteiger charge is -2.25. The van der Waals surface area contributed by atoms with E-state index in [9.17, 15) is 0 Å². The van der Waals surface area contributed by atoms with E-state index in [1.54, 1.807) is 0 Å². The monoisotopic (exact) mass is 854 g/mol. The predicted molar refractivity (Wildman–Crippen MR) is 274 cm³/mol. The molecule has 4 heterocycles. The van der Waals surface area contributed by atoms with Crippen LogP contribution >= 0.6 is 22.7 Å². The molecule has 0 atom stereocenters. The summed E-state index contributed by atoms with van der Waals surface area (Å²) >= 11 is 3.73. The van der Waals surface area contributed by atoms with Crippen LogP contribution in [0.15, 0.2) is 215 Å². The number of thiophene rings is 2. The maximum absolute atomic E-state index is 6.25. The van der Waals surface area contributed by atoms with E-state index >= 15 is 0 Å². The third-order valence-electron chi connectivity index (χ3n) is 12.8. The van der Waals surface area contributed by atoms with E-state index in [0.29, 0.717) is 0 Å². The van der Waals surface area contributed by atoms with Gasteiger partial charge in [-0.1, -0.05) is 84.9 Å². The molecular weight excluding hydrogens is 821 g/mol. The maximum atomic E-state index is 6.25. The first-order valence-corrected chi connectivity index (χ1v) is 23.1. The van der Waals surface area contributed by atoms with Crippen LogP contribution in [-0.2, 0) is 0 Å². The Morgan fingerprint density at radius 2 is 0.609 bits per heavy atom. The lowest BCUT2D eigenvalue weighted by atomic mass is 9.99. The molecule has 14 rings (SSSR count). The van der Waals surface area contributed by atoms with Crippen LogP contribution in [0.1, 0.15) is 0 Å². The molecule has 4 aromatic heterocycles. The summed E-state index contributed by atoms with van der Waals surface area (Å²) in [6, 6.07) is 74.3. The van der Waals surface area contributed by atoms with Crippen LogP contribution in [0, 0.1) is 0 Å². The van der Waals surface area contributed by atoms with Crippen LogP contribution < -0.4 is 9.80 Å². The first-order chi connectivity index (χ1) is 31.7. The number of para-hydroxylation sites is 4. The Labute approximate surface area is 374 Å². The molecule has 0 aliphatic carbocycles. The van der Waals surface area contributed by atoms with Crippen LogP contribution in [0.25, 0.3) is 95.0 Å². The van der Waals surface area contributed by atoms with E-state index in [1.807, 2.05) is 46.9 Å². The molecule has 6 heteroatoms. The van der Waals surface area contributed by atoms with Crippen molar-refractivity contribution in [3.05, 3.63) is 206 Å². The minimum absolute atomic E-state index is 0.889. The smallest absolute Gasteiger partial charge is 0.135 e. The molecule has 0 amide bonds. The molecule has 0 saturated carbocycles. The van der Waals surface area contributed by atoms with Gasteiger partial charge in [-0.25, -0.2) is 0 Å². The van der Waals surface area contributed by atoms with Crippen molar-refractivity contribution in [3.63, 3.8) is 0 Å². The number of anilines is 6. The molecule has 0 bridgehead atoms. The van der Waals surface area contributed by atoms with Crippen molar-refractivity contribution in [2.75, 3.05) is 9.80 Å². The van der Waals surface area contributed by atoms with Crippen molar-refractivity contribution >= 4 is 152 Å². The Morgan fingerprint density at radius 1 is 0.250 bits per heavy atom. The van der Waals surface area contributed by atoms with E-state index in [0.717, 1.165) is 78.0 Å². The molecule has 0 aliphatic rings. The molecule has 0 N–H and O–H groups in total. The number of hydrogen-bond donors (Lipinski definition) is 0. The van der Waals surface area contributed by atoms with Gasteiger partial charge in [-0.15, -0.1) is 22.7 Å². The molecule has 14 aromatic rings. The Balaban J connectivity index is 0.953. The van der Waals surface area contributed by atoms with Crippen molar-refractivity contribution in [1.29, 1.82) is 0 Å². The summed E-state index contributed by atoms with van der Waals surface area (Å²) in [5, 5.41) is 12.1. The van der Waals surface area contributed by atoms with Crippen LogP contribution in [0.2, 0.25) is 0 Å². The molecule has 300 valence electrons. The topological polar surface area (TPSA) is 32.8 Å². The lowest BCUT2D eigenvalue weighted by Crippen LogP contribution is -2.09. The number of benzene rings is 10. The molecule has 0 saturated heterocycles. The van der Waals surface area contributed by atoms with Gasteiger partial charge in [0.25, 0.3) is 0 Å². The molecule has 0 spiro atoms. The molecule has 0 radical (unpaired) electrons. The SMILES string of the molecule is c1ccc(N(c2ccc3oc4ccccc4c3c2)c2ccc3sc4ccc5c(ccc6sc7ccc(N(c8ccccc8)c8ccc9oc%10ccccc%10c9c8)cc7c65)c4c3c2)cc1. The van der Waals surface area contributed by atoms with Crippen molar-refractivity contribution < 1.29 is 8.83 Å². The fraction of sp³-hybridized carbons (Fsp3) is 0. The Kier molecular flexibility index (Phi) is 7.69. The fourth-order valence-electron chi connectivity index (χ4n) is 9.97. The highest BCUT2D eigenvalue weighted by Gasteiger charge is 2.21. The summed E-state index contributed by atoms with van der Waals surface area (Å²) < 4.78 is 17.6. The number of nitrogens with zero attached hydrogens (tertiary/aromatic N) is 2. The zero-order valence-electron chi connectivity index (χ0n) is 34.2. The van der Waals surface area contributed by atoms with Gasteiger partial charge in [-0.05, 0) is 132 Å². The summed E-state index contributed by atoms with van der Waals surface area (Å²) in [5.41, 5.74) is 10.2. The van der Waals surface area contributed by atoms with Gasteiger partial charge in [-0.2, -0.15) is 0 Å². The van der Waals surface area contributed by atoms with Crippen LogP contribution in [0.5, 0.6) is 0 Å². The number of rotatable bonds is 6. The van der Waals surface area contributed by atoms with Crippen molar-refractivity contribution in [1.82, 2.24) is 0 Å². The average Bonchev–Trinajstić information content (AvgIpc) is 4.12. The van der Waals surface area contributed by atoms with Gasteiger partial charge in [-0.3, -0.25) is 0 Å². The molecule has 10 aromatic carbocycles. The summed E-state index contributed by atoms with van der Waals surface area (Å²) in [6.45, 7) is 0. The van der Waals surface area contributed by atoms with Crippen molar-refractivity contribution in [3.8, 4) is 0 Å². The van der Waals surface area contributed by atoms with Crippen LogP contribution in [0.4, 0.5) is 34.1 Å². The Morgan fingerprint density at radius 3 is 1.06 bits per heavy atom. The van der Waals surface area contributed by atoms with E-state index in [-0.39, 0.29) is 0 Å². The number of fused-ring (bicyclic) bond motifs is 15. The molecule has 0 unspecified atom stereocenters. The lowest BCUT2D eigenvalue weighted by molar-refractivity contribution is 0.668. The van der Waals surface area contributed by atoms with Gasteiger partial charge in [0.15, 0.2) is 0 Å². The second kappa shape index (κ2) is 13.8. The highest BCUT2D eigenvalue weighted by atomic mass is 32.1. The van der Waals surface area contributed by atoms with E-state index < -0.39 is 0 Å². The third-order valence-corrected chi connectivity index (χ3v) is 15.1. The zero-order valence-corrected chi connectivity index (χ0v) is 35.8. The quantitative estimate of drug-likeness (QED) is 0.167.